The van der Waals surface area contributed by atoms with Gasteiger partial charge in [-0.15, -0.1) is 0 Å². The van der Waals surface area contributed by atoms with Crippen molar-refractivity contribution < 1.29 is 9.47 Å². The molecule has 1 aromatic heterocycles. The van der Waals surface area contributed by atoms with Gasteiger partial charge in [-0.25, -0.2) is 4.98 Å². The van der Waals surface area contributed by atoms with E-state index in [1.807, 2.05) is 31.3 Å². The van der Waals surface area contributed by atoms with Gasteiger partial charge in [0.05, 0.1) is 7.11 Å². The van der Waals surface area contributed by atoms with E-state index < -0.39 is 0 Å². The van der Waals surface area contributed by atoms with E-state index in [1.54, 1.807) is 19.4 Å². The third-order valence-corrected chi connectivity index (χ3v) is 3.02. The monoisotopic (exact) mass is 283 g/mol. The zero-order valence-electron chi connectivity index (χ0n) is 12.1. The summed E-state index contributed by atoms with van der Waals surface area (Å²) in [4.78, 5) is 4.03. The first-order chi connectivity index (χ1) is 10.3. The summed E-state index contributed by atoms with van der Waals surface area (Å²) in [6.45, 7) is 0.943. The zero-order valence-corrected chi connectivity index (χ0v) is 12.1. The number of benzene rings is 1. The molecule has 1 N–H and O–H groups in total. The Labute approximate surface area is 124 Å². The molecule has 0 saturated carbocycles. The van der Waals surface area contributed by atoms with Crippen molar-refractivity contribution in [2.75, 3.05) is 14.2 Å². The van der Waals surface area contributed by atoms with Gasteiger partial charge in [0.15, 0.2) is 11.5 Å². The summed E-state index contributed by atoms with van der Waals surface area (Å²) in [5.74, 6) is 1.35. The summed E-state index contributed by atoms with van der Waals surface area (Å²) in [5, 5.41) is 12.1. The van der Waals surface area contributed by atoms with Crippen molar-refractivity contribution >= 4 is 0 Å². The summed E-state index contributed by atoms with van der Waals surface area (Å²) in [7, 11) is 3.48. The number of rotatable bonds is 6. The molecule has 5 nitrogen and oxygen atoms in total. The molecule has 2 rings (SSSR count). The molecule has 2 aromatic rings. The first-order valence-electron chi connectivity index (χ1n) is 6.57. The van der Waals surface area contributed by atoms with Crippen LogP contribution in [-0.2, 0) is 13.2 Å². The molecule has 108 valence electrons. The highest BCUT2D eigenvalue weighted by atomic mass is 16.5. The predicted octanol–water partition coefficient (Wildman–Crippen LogP) is 2.26. The van der Waals surface area contributed by atoms with Gasteiger partial charge in [-0.1, -0.05) is 18.2 Å². The van der Waals surface area contributed by atoms with E-state index in [4.69, 9.17) is 14.7 Å². The van der Waals surface area contributed by atoms with Gasteiger partial charge in [0.1, 0.15) is 18.4 Å². The average Bonchev–Trinajstić information content (AvgIpc) is 2.54. The van der Waals surface area contributed by atoms with E-state index in [0.717, 1.165) is 11.1 Å². The maximum Gasteiger partial charge on any atom is 0.166 e. The van der Waals surface area contributed by atoms with Crippen LogP contribution in [0.15, 0.2) is 36.5 Å². The smallest absolute Gasteiger partial charge is 0.166 e. The molecule has 0 radical (unpaired) electrons. The number of hydrogen-bond donors (Lipinski definition) is 1. The molecular weight excluding hydrogens is 266 g/mol. The van der Waals surface area contributed by atoms with Gasteiger partial charge in [0.2, 0.25) is 0 Å². The maximum atomic E-state index is 9.05. The minimum atomic E-state index is 0.272. The molecule has 0 aliphatic rings. The highest BCUT2D eigenvalue weighted by Crippen LogP contribution is 2.31. The van der Waals surface area contributed by atoms with Crippen molar-refractivity contribution in [2.45, 2.75) is 13.2 Å². The van der Waals surface area contributed by atoms with Gasteiger partial charge in [0.25, 0.3) is 0 Å². The fourth-order valence-corrected chi connectivity index (χ4v) is 2.02. The number of nitrogens with zero attached hydrogens (tertiary/aromatic N) is 2. The molecule has 0 unspecified atom stereocenters. The lowest BCUT2D eigenvalue weighted by molar-refractivity contribution is 0.280. The van der Waals surface area contributed by atoms with Crippen LogP contribution in [0.2, 0.25) is 0 Å². The highest BCUT2D eigenvalue weighted by Gasteiger charge is 2.11. The Morgan fingerprint density at radius 1 is 1.24 bits per heavy atom. The largest absolute Gasteiger partial charge is 0.493 e. The predicted molar refractivity (Wildman–Crippen MR) is 79.0 cm³/mol. The van der Waals surface area contributed by atoms with Gasteiger partial charge in [0, 0.05) is 23.9 Å². The van der Waals surface area contributed by atoms with Gasteiger partial charge in [-0.05, 0) is 19.2 Å². The van der Waals surface area contributed by atoms with Crippen molar-refractivity contribution in [3.63, 3.8) is 0 Å². The van der Waals surface area contributed by atoms with E-state index in [2.05, 4.69) is 16.4 Å². The quantitative estimate of drug-likeness (QED) is 0.880. The number of aromatic nitrogens is 1. The van der Waals surface area contributed by atoms with Crippen LogP contribution >= 0.6 is 0 Å². The second-order valence-electron chi connectivity index (χ2n) is 4.39. The lowest BCUT2D eigenvalue weighted by Gasteiger charge is -2.15. The van der Waals surface area contributed by atoms with Gasteiger partial charge in [-0.2, -0.15) is 5.26 Å². The van der Waals surface area contributed by atoms with Crippen molar-refractivity contribution in [1.82, 2.24) is 10.3 Å². The second-order valence-corrected chi connectivity index (χ2v) is 4.39. The standard InChI is InChI=1S/C16H17N3O2/c1-18-10-12-5-3-7-15(20-2)16(12)21-11-13-6-4-8-19-14(13)9-17/h3-8,18H,10-11H2,1-2H3. The van der Waals surface area contributed by atoms with E-state index >= 15 is 0 Å². The van der Waals surface area contributed by atoms with Crippen molar-refractivity contribution in [1.29, 1.82) is 5.26 Å². The van der Waals surface area contributed by atoms with Crippen LogP contribution in [0.5, 0.6) is 11.5 Å². The van der Waals surface area contributed by atoms with Crippen LogP contribution in [0.3, 0.4) is 0 Å². The lowest BCUT2D eigenvalue weighted by atomic mass is 10.1. The maximum absolute atomic E-state index is 9.05. The fourth-order valence-electron chi connectivity index (χ4n) is 2.02. The number of nitrogens with one attached hydrogen (secondary N) is 1. The van der Waals surface area contributed by atoms with E-state index in [9.17, 15) is 0 Å². The Bertz CT molecular complexity index is 650. The average molecular weight is 283 g/mol. The van der Waals surface area contributed by atoms with E-state index in [0.29, 0.717) is 23.7 Å². The van der Waals surface area contributed by atoms with Crippen molar-refractivity contribution in [2.24, 2.45) is 0 Å². The Morgan fingerprint density at radius 3 is 2.76 bits per heavy atom. The summed E-state index contributed by atoms with van der Waals surface area (Å²) >= 11 is 0. The number of ether oxygens (including phenoxy) is 2. The summed E-state index contributed by atoms with van der Waals surface area (Å²) in [5.41, 5.74) is 2.13. The molecule has 21 heavy (non-hydrogen) atoms. The number of nitriles is 1. The number of methoxy groups -OCH3 is 1. The SMILES string of the molecule is CNCc1cccc(OC)c1OCc1cccnc1C#N. The van der Waals surface area contributed by atoms with E-state index in [-0.39, 0.29) is 6.61 Å². The molecular formula is C16H17N3O2. The molecule has 0 saturated heterocycles. The van der Waals surface area contributed by atoms with Crippen molar-refractivity contribution in [3.8, 4) is 17.6 Å². The molecule has 1 aromatic carbocycles. The summed E-state index contributed by atoms with van der Waals surface area (Å²) in [6.07, 6.45) is 1.59. The molecule has 0 bridgehead atoms. The minimum absolute atomic E-state index is 0.272. The highest BCUT2D eigenvalue weighted by molar-refractivity contribution is 5.47. The van der Waals surface area contributed by atoms with Crippen LogP contribution in [0.25, 0.3) is 0 Å². The van der Waals surface area contributed by atoms with Crippen LogP contribution < -0.4 is 14.8 Å². The van der Waals surface area contributed by atoms with Gasteiger partial charge < -0.3 is 14.8 Å². The van der Waals surface area contributed by atoms with E-state index in [1.165, 1.54) is 0 Å². The Hall–Kier alpha value is -2.58. The summed E-state index contributed by atoms with van der Waals surface area (Å²) in [6, 6.07) is 11.4. The molecule has 5 heteroatoms. The van der Waals surface area contributed by atoms with Gasteiger partial charge >= 0.3 is 0 Å². The van der Waals surface area contributed by atoms with Gasteiger partial charge in [-0.3, -0.25) is 0 Å². The molecule has 0 aliphatic heterocycles. The van der Waals surface area contributed by atoms with Crippen molar-refractivity contribution in [3.05, 3.63) is 53.3 Å². The molecule has 1 heterocycles. The molecule has 0 fully saturated rings. The molecule has 0 atom stereocenters. The third kappa shape index (κ3) is 3.50. The minimum Gasteiger partial charge on any atom is -0.493 e. The number of pyridine rings is 1. The molecule has 0 spiro atoms. The van der Waals surface area contributed by atoms with Crippen LogP contribution in [0.1, 0.15) is 16.8 Å². The zero-order chi connectivity index (χ0) is 15.1. The summed E-state index contributed by atoms with van der Waals surface area (Å²) < 4.78 is 11.2. The third-order valence-electron chi connectivity index (χ3n) is 3.02. The fraction of sp³-hybridized carbons (Fsp3) is 0.250. The first-order valence-corrected chi connectivity index (χ1v) is 6.57. The lowest BCUT2D eigenvalue weighted by Crippen LogP contribution is -2.09. The second kappa shape index (κ2) is 7.27. The normalized spacial score (nSPS) is 9.95. The first kappa shape index (κ1) is 14.8. The number of para-hydroxylation sites is 1. The molecule has 0 amide bonds. The van der Waals surface area contributed by atoms with Crippen LogP contribution in [0.4, 0.5) is 0 Å². The Kier molecular flexibility index (Phi) is 5.13. The number of hydrogen-bond acceptors (Lipinski definition) is 5. The topological polar surface area (TPSA) is 67.2 Å². The Balaban J connectivity index is 2.25. The van der Waals surface area contributed by atoms with Crippen LogP contribution in [-0.4, -0.2) is 19.1 Å². The van der Waals surface area contributed by atoms with Crippen LogP contribution in [0, 0.1) is 11.3 Å². The molecule has 0 aliphatic carbocycles. The Morgan fingerprint density at radius 2 is 2.05 bits per heavy atom.